The summed E-state index contributed by atoms with van der Waals surface area (Å²) >= 11 is 0. The first-order chi connectivity index (χ1) is 16.7. The van der Waals surface area contributed by atoms with Crippen LogP contribution in [0.15, 0.2) is 108 Å². The molecule has 6 nitrogen and oxygen atoms in total. The molecular formula is C27H21FN4O2. The monoisotopic (exact) mass is 452 g/mol. The first-order valence-corrected chi connectivity index (χ1v) is 10.8. The fourth-order valence-corrected chi connectivity index (χ4v) is 3.76. The van der Waals surface area contributed by atoms with E-state index in [2.05, 4.69) is 15.4 Å². The van der Waals surface area contributed by atoms with Gasteiger partial charge in [0.25, 0.3) is 5.91 Å². The molecule has 0 atom stereocenters. The molecule has 1 N–H and O–H groups in total. The van der Waals surface area contributed by atoms with Gasteiger partial charge in [-0.25, -0.2) is 4.39 Å². The standard InChI is InChI=1S/C27H21FN4O2/c28-22-15-13-19(14-16-22)18-29-27-30-25(23-12-7-17-34-23)31-32(27)26(33)24(20-8-3-1-4-9-20)21-10-5-2-6-11-21/h1-17,24H,18H2,(H,29,30,31). The van der Waals surface area contributed by atoms with Gasteiger partial charge in [-0.2, -0.15) is 9.67 Å². The highest BCUT2D eigenvalue weighted by atomic mass is 19.1. The molecule has 2 aromatic heterocycles. The van der Waals surface area contributed by atoms with Crippen molar-refractivity contribution < 1.29 is 13.6 Å². The van der Waals surface area contributed by atoms with Crippen molar-refractivity contribution in [3.63, 3.8) is 0 Å². The lowest BCUT2D eigenvalue weighted by Gasteiger charge is -2.17. The molecule has 7 heteroatoms. The number of carbonyl (C=O) groups is 1. The molecule has 3 aromatic carbocycles. The molecule has 0 aliphatic carbocycles. The summed E-state index contributed by atoms with van der Waals surface area (Å²) in [7, 11) is 0. The minimum absolute atomic E-state index is 0.260. The van der Waals surface area contributed by atoms with Gasteiger partial charge in [-0.15, -0.1) is 5.10 Å². The molecule has 0 spiro atoms. The molecule has 0 aliphatic heterocycles. The van der Waals surface area contributed by atoms with Crippen molar-refractivity contribution in [1.82, 2.24) is 14.8 Å². The lowest BCUT2D eigenvalue weighted by molar-refractivity contribution is 0.0879. The zero-order chi connectivity index (χ0) is 23.3. The quantitative estimate of drug-likeness (QED) is 0.340. The molecule has 0 radical (unpaired) electrons. The molecule has 0 amide bonds. The Morgan fingerprint density at radius 2 is 1.53 bits per heavy atom. The maximum Gasteiger partial charge on any atom is 0.262 e. The molecule has 168 valence electrons. The smallest absolute Gasteiger partial charge is 0.262 e. The van der Waals surface area contributed by atoms with E-state index in [-0.39, 0.29) is 17.7 Å². The molecule has 0 saturated carbocycles. The van der Waals surface area contributed by atoms with Crippen LogP contribution in [0.4, 0.5) is 10.3 Å². The summed E-state index contributed by atoms with van der Waals surface area (Å²) < 4.78 is 20.0. The summed E-state index contributed by atoms with van der Waals surface area (Å²) in [5.74, 6) is -0.134. The van der Waals surface area contributed by atoms with Crippen LogP contribution in [-0.4, -0.2) is 20.7 Å². The summed E-state index contributed by atoms with van der Waals surface area (Å²) in [6.45, 7) is 0.338. The Morgan fingerprint density at radius 3 is 2.12 bits per heavy atom. The van der Waals surface area contributed by atoms with Crippen molar-refractivity contribution in [3.05, 3.63) is 126 Å². The number of furan rings is 1. The largest absolute Gasteiger partial charge is 0.461 e. The van der Waals surface area contributed by atoms with Gasteiger partial charge in [-0.1, -0.05) is 72.8 Å². The van der Waals surface area contributed by atoms with Crippen molar-refractivity contribution in [2.75, 3.05) is 5.32 Å². The van der Waals surface area contributed by atoms with E-state index in [1.807, 2.05) is 60.7 Å². The third-order valence-electron chi connectivity index (χ3n) is 5.43. The third-order valence-corrected chi connectivity index (χ3v) is 5.43. The number of hydrogen-bond donors (Lipinski definition) is 1. The van der Waals surface area contributed by atoms with Crippen LogP contribution in [0.1, 0.15) is 27.4 Å². The molecular weight excluding hydrogens is 431 g/mol. The Balaban J connectivity index is 1.54. The number of carbonyl (C=O) groups excluding carboxylic acids is 1. The van der Waals surface area contributed by atoms with Crippen molar-refractivity contribution in [1.29, 1.82) is 0 Å². The van der Waals surface area contributed by atoms with Gasteiger partial charge in [-0.05, 0) is 41.0 Å². The summed E-state index contributed by atoms with van der Waals surface area (Å²) in [5, 5.41) is 7.67. The highest BCUT2D eigenvalue weighted by molar-refractivity contribution is 5.90. The normalized spacial score (nSPS) is 11.0. The Hall–Kier alpha value is -4.52. The lowest BCUT2D eigenvalue weighted by Crippen LogP contribution is -2.24. The number of benzene rings is 3. The van der Waals surface area contributed by atoms with Crippen LogP contribution in [0.3, 0.4) is 0 Å². The van der Waals surface area contributed by atoms with E-state index in [9.17, 15) is 9.18 Å². The van der Waals surface area contributed by atoms with Crippen LogP contribution in [0.2, 0.25) is 0 Å². The minimum Gasteiger partial charge on any atom is -0.461 e. The molecule has 0 saturated heterocycles. The second-order valence-corrected chi connectivity index (χ2v) is 7.72. The zero-order valence-corrected chi connectivity index (χ0v) is 18.1. The van der Waals surface area contributed by atoms with Crippen molar-refractivity contribution in [2.45, 2.75) is 12.5 Å². The molecule has 5 aromatic rings. The van der Waals surface area contributed by atoms with Crippen LogP contribution in [0.25, 0.3) is 11.6 Å². The molecule has 0 bridgehead atoms. The van der Waals surface area contributed by atoms with Gasteiger partial charge < -0.3 is 9.73 Å². The van der Waals surface area contributed by atoms with Crippen molar-refractivity contribution in [2.24, 2.45) is 0 Å². The predicted molar refractivity (Wildman–Crippen MR) is 127 cm³/mol. The Kier molecular flexibility index (Phi) is 5.99. The second-order valence-electron chi connectivity index (χ2n) is 7.72. The number of halogens is 1. The Labute approximate surface area is 195 Å². The summed E-state index contributed by atoms with van der Waals surface area (Å²) in [6, 6.07) is 28.7. The highest BCUT2D eigenvalue weighted by Gasteiger charge is 2.28. The van der Waals surface area contributed by atoms with Crippen LogP contribution in [0, 0.1) is 5.82 Å². The van der Waals surface area contributed by atoms with E-state index in [1.165, 1.54) is 23.1 Å². The number of aromatic nitrogens is 3. The Bertz CT molecular complexity index is 1330. The number of anilines is 1. The number of hydrogen-bond acceptors (Lipinski definition) is 5. The van der Waals surface area contributed by atoms with Gasteiger partial charge in [-0.3, -0.25) is 4.79 Å². The maximum absolute atomic E-state index is 13.9. The number of nitrogens with zero attached hydrogens (tertiary/aromatic N) is 3. The van der Waals surface area contributed by atoms with E-state index in [0.717, 1.165) is 16.7 Å². The second kappa shape index (κ2) is 9.54. The predicted octanol–water partition coefficient (Wildman–Crippen LogP) is 5.76. The van der Waals surface area contributed by atoms with Gasteiger partial charge in [0.2, 0.25) is 11.8 Å². The molecule has 0 unspecified atom stereocenters. The van der Waals surface area contributed by atoms with Gasteiger partial charge in [0.15, 0.2) is 5.76 Å². The highest BCUT2D eigenvalue weighted by Crippen LogP contribution is 2.28. The summed E-state index contributed by atoms with van der Waals surface area (Å²) in [6.07, 6.45) is 1.53. The maximum atomic E-state index is 13.9. The molecule has 0 aliphatic rings. The molecule has 5 rings (SSSR count). The van der Waals surface area contributed by atoms with E-state index >= 15 is 0 Å². The number of nitrogens with one attached hydrogen (secondary N) is 1. The van der Waals surface area contributed by atoms with Gasteiger partial charge in [0.1, 0.15) is 5.82 Å². The van der Waals surface area contributed by atoms with Gasteiger partial charge in [0.05, 0.1) is 12.2 Å². The van der Waals surface area contributed by atoms with Crippen LogP contribution in [-0.2, 0) is 6.54 Å². The fraction of sp³-hybridized carbons (Fsp3) is 0.0741. The van der Waals surface area contributed by atoms with Crippen LogP contribution >= 0.6 is 0 Å². The zero-order valence-electron chi connectivity index (χ0n) is 18.1. The van der Waals surface area contributed by atoms with Gasteiger partial charge in [0, 0.05) is 6.54 Å². The van der Waals surface area contributed by atoms with E-state index in [4.69, 9.17) is 4.42 Å². The van der Waals surface area contributed by atoms with Crippen molar-refractivity contribution >= 4 is 11.9 Å². The average Bonchev–Trinajstić information content (AvgIpc) is 3.56. The van der Waals surface area contributed by atoms with Crippen LogP contribution in [0.5, 0.6) is 0 Å². The first kappa shape index (κ1) is 21.3. The Morgan fingerprint density at radius 1 is 0.882 bits per heavy atom. The van der Waals surface area contributed by atoms with Gasteiger partial charge >= 0.3 is 0 Å². The van der Waals surface area contributed by atoms with E-state index in [1.54, 1.807) is 24.3 Å². The van der Waals surface area contributed by atoms with E-state index in [0.29, 0.717) is 18.1 Å². The average molecular weight is 452 g/mol. The molecule has 2 heterocycles. The topological polar surface area (TPSA) is 73.0 Å². The molecule has 34 heavy (non-hydrogen) atoms. The van der Waals surface area contributed by atoms with Crippen LogP contribution < -0.4 is 5.32 Å². The fourth-order valence-electron chi connectivity index (χ4n) is 3.76. The van der Waals surface area contributed by atoms with E-state index < -0.39 is 5.92 Å². The molecule has 0 fully saturated rings. The SMILES string of the molecule is O=C(C(c1ccccc1)c1ccccc1)n1nc(-c2ccco2)nc1NCc1ccc(F)cc1. The minimum atomic E-state index is -0.583. The number of rotatable bonds is 7. The summed E-state index contributed by atoms with van der Waals surface area (Å²) in [4.78, 5) is 18.5. The van der Waals surface area contributed by atoms with Crippen molar-refractivity contribution in [3.8, 4) is 11.6 Å². The summed E-state index contributed by atoms with van der Waals surface area (Å²) in [5.41, 5.74) is 2.53. The third kappa shape index (κ3) is 4.49. The first-order valence-electron chi connectivity index (χ1n) is 10.8. The lowest BCUT2D eigenvalue weighted by atomic mass is 9.90.